The summed E-state index contributed by atoms with van der Waals surface area (Å²) < 4.78 is 0. The summed E-state index contributed by atoms with van der Waals surface area (Å²) in [5.41, 5.74) is 2.65. The molecule has 0 radical (unpaired) electrons. The predicted octanol–water partition coefficient (Wildman–Crippen LogP) is 4.68. The molecule has 0 aliphatic heterocycles. The molecule has 3 saturated carbocycles. The Balaban J connectivity index is 1.68. The average Bonchev–Trinajstić information content (AvgIpc) is 3.07. The zero-order chi connectivity index (χ0) is 22.8. The Labute approximate surface area is 188 Å². The van der Waals surface area contributed by atoms with Crippen LogP contribution in [0.5, 0.6) is 0 Å². The van der Waals surface area contributed by atoms with Gasteiger partial charge in [0.25, 0.3) is 0 Å². The van der Waals surface area contributed by atoms with Gasteiger partial charge in [0.05, 0.1) is 24.4 Å². The number of fused-ring (bicyclic) bond motifs is 1. The molecular weight excluding hydrogens is 388 g/mol. The van der Waals surface area contributed by atoms with E-state index in [1.165, 1.54) is 31.3 Å². The smallest absolute Gasteiger partial charge is 0.0849 e. The van der Waals surface area contributed by atoms with E-state index < -0.39 is 17.8 Å². The van der Waals surface area contributed by atoms with E-state index in [-0.39, 0.29) is 6.61 Å². The minimum absolute atomic E-state index is 0.172. The normalized spacial score (nSPS) is 39.5. The summed E-state index contributed by atoms with van der Waals surface area (Å²) in [6.07, 6.45) is 13.1. The maximum absolute atomic E-state index is 10.1. The lowest BCUT2D eigenvalue weighted by atomic mass is 9.60. The van der Waals surface area contributed by atoms with Crippen LogP contribution in [0.4, 0.5) is 0 Å². The molecule has 0 aromatic carbocycles. The molecule has 3 aliphatic carbocycles. The van der Waals surface area contributed by atoms with Crippen molar-refractivity contribution in [3.63, 3.8) is 0 Å². The molecule has 0 bridgehead atoms. The molecule has 0 heterocycles. The molecule has 3 aliphatic rings. The summed E-state index contributed by atoms with van der Waals surface area (Å²) >= 11 is 0. The third-order valence-electron chi connectivity index (χ3n) is 8.70. The molecule has 0 spiro atoms. The number of hydrogen-bond donors (Lipinski definition) is 4. The van der Waals surface area contributed by atoms with E-state index in [1.807, 2.05) is 0 Å². The number of aliphatic hydroxyl groups excluding tert-OH is 3. The van der Waals surface area contributed by atoms with Crippen LogP contribution in [-0.2, 0) is 0 Å². The minimum atomic E-state index is -0.958. The van der Waals surface area contributed by atoms with Crippen molar-refractivity contribution in [1.82, 2.24) is 0 Å². The van der Waals surface area contributed by atoms with Crippen LogP contribution in [0.1, 0.15) is 85.0 Å². The van der Waals surface area contributed by atoms with E-state index in [1.54, 1.807) is 6.92 Å². The van der Waals surface area contributed by atoms with Crippen LogP contribution < -0.4 is 0 Å². The van der Waals surface area contributed by atoms with Crippen LogP contribution in [0.25, 0.3) is 0 Å². The Kier molecular flexibility index (Phi) is 7.89. The van der Waals surface area contributed by atoms with Gasteiger partial charge in [-0.1, -0.05) is 51.0 Å². The molecule has 3 rings (SSSR count). The highest BCUT2D eigenvalue weighted by Gasteiger charge is 2.50. The number of rotatable bonds is 7. The Morgan fingerprint density at radius 2 is 2.00 bits per heavy atom. The first-order chi connectivity index (χ1) is 14.6. The summed E-state index contributed by atoms with van der Waals surface area (Å²) in [7, 11) is 0. The Hall–Kier alpha value is -0.940. The molecule has 4 heteroatoms. The van der Waals surface area contributed by atoms with E-state index >= 15 is 0 Å². The summed E-state index contributed by atoms with van der Waals surface area (Å²) in [5, 5.41) is 39.5. The second kappa shape index (κ2) is 9.91. The fourth-order valence-electron chi connectivity index (χ4n) is 6.76. The molecular formula is C27H44O4. The third-order valence-corrected chi connectivity index (χ3v) is 8.70. The van der Waals surface area contributed by atoms with Gasteiger partial charge in [0.15, 0.2) is 0 Å². The van der Waals surface area contributed by atoms with Crippen molar-refractivity contribution >= 4 is 0 Å². The van der Waals surface area contributed by atoms with Gasteiger partial charge in [-0.3, -0.25) is 0 Å². The molecule has 31 heavy (non-hydrogen) atoms. The maximum Gasteiger partial charge on any atom is 0.0849 e. The van der Waals surface area contributed by atoms with Crippen molar-refractivity contribution in [3.05, 3.63) is 35.5 Å². The fourth-order valence-corrected chi connectivity index (χ4v) is 6.76. The molecule has 0 aromatic heterocycles. The van der Waals surface area contributed by atoms with Crippen LogP contribution in [0.3, 0.4) is 0 Å². The average molecular weight is 433 g/mol. The molecule has 2 unspecified atom stereocenters. The SMILES string of the molecule is C=C1/C(=C\C=C2CCC[C@@]3(C)C2CC[C@@H]3[C@H](C)CCC[C@@](C)(O)CO)C[C@@H](O)CC1O. The van der Waals surface area contributed by atoms with E-state index in [0.717, 1.165) is 30.4 Å². The van der Waals surface area contributed by atoms with Gasteiger partial charge in [0, 0.05) is 6.42 Å². The van der Waals surface area contributed by atoms with Crippen molar-refractivity contribution in [1.29, 1.82) is 0 Å². The van der Waals surface area contributed by atoms with Crippen molar-refractivity contribution in [2.45, 2.75) is 103 Å². The summed E-state index contributed by atoms with van der Waals surface area (Å²) in [6.45, 7) is 10.5. The minimum Gasteiger partial charge on any atom is -0.393 e. The second-order valence-corrected chi connectivity index (χ2v) is 11.2. The fraction of sp³-hybridized carbons (Fsp3) is 0.778. The number of aliphatic hydroxyl groups is 4. The standard InChI is InChI=1S/C27H44O4/c1-18(7-5-13-26(3,31)17-28)23-11-12-24-20(8-6-14-27(23,24)4)9-10-21-15-22(29)16-25(30)19(21)2/h9-10,18,22-25,28-31H,2,5-8,11-17H2,1,3-4H3/b20-9?,21-10-/t18-,22-,23-,24?,25?,26-,27-/m1/s1. The summed E-state index contributed by atoms with van der Waals surface area (Å²) in [5.74, 6) is 1.92. The molecule has 0 aromatic rings. The maximum atomic E-state index is 10.1. The van der Waals surface area contributed by atoms with E-state index in [2.05, 4.69) is 32.6 Å². The molecule has 0 amide bonds. The van der Waals surface area contributed by atoms with Gasteiger partial charge in [0.1, 0.15) is 0 Å². The number of allylic oxidation sites excluding steroid dienone is 3. The van der Waals surface area contributed by atoms with E-state index in [0.29, 0.717) is 42.4 Å². The molecule has 4 nitrogen and oxygen atoms in total. The molecule has 4 N–H and O–H groups in total. The Morgan fingerprint density at radius 3 is 2.71 bits per heavy atom. The van der Waals surface area contributed by atoms with Crippen LogP contribution in [0.2, 0.25) is 0 Å². The topological polar surface area (TPSA) is 80.9 Å². The van der Waals surface area contributed by atoms with Gasteiger partial charge in [-0.15, -0.1) is 0 Å². The van der Waals surface area contributed by atoms with Crippen molar-refractivity contribution in [3.8, 4) is 0 Å². The van der Waals surface area contributed by atoms with Gasteiger partial charge < -0.3 is 20.4 Å². The summed E-state index contributed by atoms with van der Waals surface area (Å²) in [6, 6.07) is 0. The van der Waals surface area contributed by atoms with Crippen molar-refractivity contribution in [2.24, 2.45) is 23.2 Å². The van der Waals surface area contributed by atoms with Gasteiger partial charge in [-0.05, 0) is 86.2 Å². The third kappa shape index (κ3) is 5.52. The summed E-state index contributed by atoms with van der Waals surface area (Å²) in [4.78, 5) is 0. The molecule has 3 fully saturated rings. The Bertz CT molecular complexity index is 706. The first-order valence-electron chi connectivity index (χ1n) is 12.4. The van der Waals surface area contributed by atoms with Gasteiger partial charge in [0.2, 0.25) is 0 Å². The Morgan fingerprint density at radius 1 is 1.26 bits per heavy atom. The first-order valence-corrected chi connectivity index (χ1v) is 12.4. The van der Waals surface area contributed by atoms with E-state index in [9.17, 15) is 20.4 Å². The highest BCUT2D eigenvalue weighted by Crippen LogP contribution is 2.60. The van der Waals surface area contributed by atoms with Crippen LogP contribution in [0, 0.1) is 23.2 Å². The lowest BCUT2D eigenvalue weighted by Gasteiger charge is -2.44. The lowest BCUT2D eigenvalue weighted by Crippen LogP contribution is -2.36. The lowest BCUT2D eigenvalue weighted by molar-refractivity contribution is -0.00891. The molecule has 0 saturated heterocycles. The van der Waals surface area contributed by atoms with Gasteiger partial charge in [-0.25, -0.2) is 0 Å². The van der Waals surface area contributed by atoms with Crippen LogP contribution in [0.15, 0.2) is 35.5 Å². The molecule has 7 atom stereocenters. The van der Waals surface area contributed by atoms with Crippen molar-refractivity contribution in [2.75, 3.05) is 6.61 Å². The van der Waals surface area contributed by atoms with Crippen molar-refractivity contribution < 1.29 is 20.4 Å². The zero-order valence-corrected chi connectivity index (χ0v) is 19.8. The predicted molar refractivity (Wildman–Crippen MR) is 125 cm³/mol. The highest BCUT2D eigenvalue weighted by molar-refractivity contribution is 5.38. The quantitative estimate of drug-likeness (QED) is 0.471. The van der Waals surface area contributed by atoms with Gasteiger partial charge in [-0.2, -0.15) is 0 Å². The number of hydrogen-bond acceptors (Lipinski definition) is 4. The van der Waals surface area contributed by atoms with Gasteiger partial charge >= 0.3 is 0 Å². The highest BCUT2D eigenvalue weighted by atomic mass is 16.3. The largest absolute Gasteiger partial charge is 0.393 e. The van der Waals surface area contributed by atoms with E-state index in [4.69, 9.17) is 0 Å². The van der Waals surface area contributed by atoms with Crippen LogP contribution >= 0.6 is 0 Å². The first kappa shape index (κ1) is 24.7. The zero-order valence-electron chi connectivity index (χ0n) is 19.8. The molecule has 176 valence electrons. The monoisotopic (exact) mass is 432 g/mol. The second-order valence-electron chi connectivity index (χ2n) is 11.2. The van der Waals surface area contributed by atoms with Crippen LogP contribution in [-0.4, -0.2) is 44.8 Å².